The fourth-order valence-corrected chi connectivity index (χ4v) is 27.5. The third-order valence-corrected chi connectivity index (χ3v) is 34.2. The van der Waals surface area contributed by atoms with Gasteiger partial charge >= 0.3 is 0 Å². The van der Waals surface area contributed by atoms with Crippen LogP contribution in [0.5, 0.6) is 0 Å². The monoisotopic (exact) mass is 1940 g/mol. The molecule has 0 unspecified atom stereocenters. The highest BCUT2D eigenvalue weighted by atomic mass is 32.1. The SMILES string of the molecule is c1ccc(-c2ccc3c(c2)c2cc(-c4ccccc4)ccc2n3-c2ccc3oc4c(-c5cccc6c5sc5ccccc56)cccc4c3c2)cc1.c1ccc(-c2ccc3c(c2)c2ccccc2n3-c2ccc3oc4c(-c5cccc6c5sc5ccccc56)cccc4c3c2)cc1.c1ccc2c(c1)sc1c(-c3cccc4c3oc3ccc(-n5c6ccccc6c6cc(-n7c8ccccc8c8ccccc87)ccc65)cc34)cccc12. The fraction of sp³-hybridized carbons (Fsp3) is 0. The molecule has 148 heavy (non-hydrogen) atoms. The second-order valence-electron chi connectivity index (χ2n) is 38.6. The number of furan rings is 3. The Kier molecular flexibility index (Phi) is 19.0. The van der Waals surface area contributed by atoms with Gasteiger partial charge in [0.1, 0.15) is 33.5 Å². The highest BCUT2D eigenvalue weighted by molar-refractivity contribution is 7.27. The van der Waals surface area contributed by atoms with E-state index in [0.29, 0.717) is 0 Å². The third-order valence-electron chi connectivity index (χ3n) is 30.6. The molecule has 33 aromatic rings. The molecule has 10 aromatic heterocycles. The van der Waals surface area contributed by atoms with Crippen molar-refractivity contribution in [3.8, 4) is 89.5 Å². The predicted molar refractivity (Wildman–Crippen MR) is 630 cm³/mol. The molecule has 0 N–H and O–H groups in total. The molecule has 0 aliphatic carbocycles. The normalized spacial score (nSPS) is 12.1. The highest BCUT2D eigenvalue weighted by Crippen LogP contribution is 2.52. The molecule has 33 rings (SSSR count). The number of fused-ring (bicyclic) bond motifs is 30. The molecule has 0 atom stereocenters. The molecule has 0 aliphatic rings. The molecule has 0 fully saturated rings. The van der Waals surface area contributed by atoms with Crippen molar-refractivity contribution in [1.82, 2.24) is 18.3 Å². The van der Waals surface area contributed by atoms with Crippen molar-refractivity contribution in [3.05, 3.63) is 497 Å². The van der Waals surface area contributed by atoms with E-state index in [9.17, 15) is 0 Å². The lowest BCUT2D eigenvalue weighted by Gasteiger charge is -2.10. The Labute approximate surface area is 859 Å². The predicted octanol–water partition coefficient (Wildman–Crippen LogP) is 40.3. The Morgan fingerprint density at radius 3 is 0.676 bits per heavy atom. The average molecular weight is 1940 g/mol. The standard InChI is InChI=1S/C48H28N2OS.C48H29NOS.C42H25NOS/c1-5-19-41-31(11-1)32-12-2-6-20-42(32)49(41)29-23-25-44-39(27-29)33-13-3-7-21-43(33)50(44)30-24-26-45-40(28-30)36-16-9-15-35(47(36)51-45)38-18-10-17-37-34-14-4-8-22-46(34)52-48(37)38;1-3-11-30(12-4-1)32-21-24-43-40(27-32)41-28-33(31-13-5-2-6-14-31)22-25-44(41)49(43)34-23-26-45-42(29-34)37-17-9-16-36(47(37)50-45)39-19-10-18-38-35-15-7-8-20-46(35)51-48(38)39;1-2-10-26(11-3-1)27-20-22-38-35(24-27)29-12-4-6-18-37(29)43(38)28-21-23-39-36(25-28)32-15-8-14-31(41(32)44-39)34-17-9-16-33-30-13-5-7-19-40(30)45-42(33)34/h1-28H;1-29H;1-25H. The molecule has 0 spiro atoms. The number of para-hydroxylation sites is 7. The van der Waals surface area contributed by atoms with Crippen molar-refractivity contribution < 1.29 is 13.3 Å². The molecule has 0 radical (unpaired) electrons. The summed E-state index contributed by atoms with van der Waals surface area (Å²) in [5.41, 5.74) is 33.9. The van der Waals surface area contributed by atoms with Crippen molar-refractivity contribution in [1.29, 1.82) is 0 Å². The molecule has 0 saturated heterocycles. The molecule has 690 valence electrons. The summed E-state index contributed by atoms with van der Waals surface area (Å²) < 4.78 is 37.5. The zero-order chi connectivity index (χ0) is 96.9. The lowest BCUT2D eigenvalue weighted by atomic mass is 10.00. The van der Waals surface area contributed by atoms with Gasteiger partial charge in [0.25, 0.3) is 0 Å². The summed E-state index contributed by atoms with van der Waals surface area (Å²) in [4.78, 5) is 0. The van der Waals surface area contributed by atoms with Gasteiger partial charge in [0.2, 0.25) is 0 Å². The summed E-state index contributed by atoms with van der Waals surface area (Å²) >= 11 is 5.57. The summed E-state index contributed by atoms with van der Waals surface area (Å²) in [6.45, 7) is 0. The molecule has 0 saturated carbocycles. The van der Waals surface area contributed by atoms with Crippen LogP contribution in [0, 0.1) is 0 Å². The van der Waals surface area contributed by atoms with Crippen LogP contribution in [0.15, 0.2) is 511 Å². The van der Waals surface area contributed by atoms with Gasteiger partial charge in [-0.25, -0.2) is 0 Å². The third kappa shape index (κ3) is 13.1. The largest absolute Gasteiger partial charge is 0.455 e. The van der Waals surface area contributed by atoms with Gasteiger partial charge in [0.15, 0.2) is 0 Å². The van der Waals surface area contributed by atoms with E-state index < -0.39 is 0 Å². The quantitative estimate of drug-likeness (QED) is 0.137. The summed E-state index contributed by atoms with van der Waals surface area (Å²) in [5, 5.41) is 24.5. The van der Waals surface area contributed by atoms with E-state index in [1.165, 1.54) is 198 Å². The maximum atomic E-state index is 6.73. The molecule has 0 amide bonds. The van der Waals surface area contributed by atoms with Crippen LogP contribution >= 0.6 is 34.0 Å². The zero-order valence-corrected chi connectivity index (χ0v) is 82.0. The smallest absolute Gasteiger partial charge is 0.143 e. The lowest BCUT2D eigenvalue weighted by Crippen LogP contribution is -1.95. The van der Waals surface area contributed by atoms with E-state index in [4.69, 9.17) is 13.3 Å². The molecule has 0 bridgehead atoms. The summed E-state index contributed by atoms with van der Waals surface area (Å²) in [7, 11) is 0. The van der Waals surface area contributed by atoms with Gasteiger partial charge in [-0.15, -0.1) is 34.0 Å². The molecular weight excluding hydrogens is 1860 g/mol. The van der Waals surface area contributed by atoms with E-state index in [2.05, 4.69) is 516 Å². The van der Waals surface area contributed by atoms with E-state index in [1.54, 1.807) is 0 Å². The van der Waals surface area contributed by atoms with Gasteiger partial charge in [0, 0.05) is 192 Å². The van der Waals surface area contributed by atoms with Gasteiger partial charge in [-0.3, -0.25) is 0 Å². The van der Waals surface area contributed by atoms with E-state index in [0.717, 1.165) is 105 Å². The van der Waals surface area contributed by atoms with Crippen LogP contribution in [0.1, 0.15) is 0 Å². The van der Waals surface area contributed by atoms with Gasteiger partial charge < -0.3 is 31.5 Å². The number of thiophene rings is 3. The Bertz CT molecular complexity index is 11200. The van der Waals surface area contributed by atoms with Crippen molar-refractivity contribution in [2.24, 2.45) is 0 Å². The number of aromatic nitrogens is 4. The van der Waals surface area contributed by atoms with Crippen LogP contribution in [0.3, 0.4) is 0 Å². The van der Waals surface area contributed by atoms with Crippen LogP contribution in [0.4, 0.5) is 0 Å². The molecule has 23 aromatic carbocycles. The number of rotatable bonds is 10. The van der Waals surface area contributed by atoms with Crippen molar-refractivity contribution in [2.75, 3.05) is 0 Å². The van der Waals surface area contributed by atoms with E-state index in [1.807, 2.05) is 34.0 Å². The molecule has 7 nitrogen and oxygen atoms in total. The minimum absolute atomic E-state index is 0.892. The maximum Gasteiger partial charge on any atom is 0.143 e. The fourth-order valence-electron chi connectivity index (χ4n) is 23.9. The molecular formula is C138H82N4O3S3. The second-order valence-corrected chi connectivity index (χ2v) is 41.8. The molecule has 0 aliphatic heterocycles. The minimum Gasteiger partial charge on any atom is -0.455 e. The Morgan fingerprint density at radius 2 is 0.358 bits per heavy atom. The Hall–Kier alpha value is -18.7. The second kappa shape index (κ2) is 33.5. The number of hydrogen-bond donors (Lipinski definition) is 0. The average Bonchev–Trinajstić information content (AvgIpc) is 1.63. The van der Waals surface area contributed by atoms with Crippen molar-refractivity contribution in [2.45, 2.75) is 0 Å². The van der Waals surface area contributed by atoms with Crippen LogP contribution < -0.4 is 0 Å². The number of nitrogens with zero attached hydrogens (tertiary/aromatic N) is 4. The first-order valence-corrected chi connectivity index (χ1v) is 52.7. The van der Waals surface area contributed by atoms with Gasteiger partial charge in [-0.2, -0.15) is 0 Å². The first kappa shape index (κ1) is 83.9. The lowest BCUT2D eigenvalue weighted by molar-refractivity contribution is 0.669. The van der Waals surface area contributed by atoms with Crippen LogP contribution in [0.25, 0.3) is 303 Å². The Morgan fingerprint density at radius 1 is 0.135 bits per heavy atom. The Balaban J connectivity index is 0.000000101. The van der Waals surface area contributed by atoms with Crippen LogP contribution in [0.2, 0.25) is 0 Å². The van der Waals surface area contributed by atoms with Gasteiger partial charge in [-0.05, 0) is 185 Å². The van der Waals surface area contributed by atoms with Crippen molar-refractivity contribution >= 4 is 248 Å². The van der Waals surface area contributed by atoms with E-state index >= 15 is 0 Å². The highest BCUT2D eigenvalue weighted by Gasteiger charge is 2.27. The number of benzene rings is 23. The summed E-state index contributed by atoms with van der Waals surface area (Å²) in [5.74, 6) is 0. The minimum atomic E-state index is 0.892. The van der Waals surface area contributed by atoms with E-state index in [-0.39, 0.29) is 0 Å². The van der Waals surface area contributed by atoms with Crippen LogP contribution in [-0.2, 0) is 0 Å². The molecule has 10 heteroatoms. The van der Waals surface area contributed by atoms with Gasteiger partial charge in [-0.1, -0.05) is 346 Å². The van der Waals surface area contributed by atoms with Crippen LogP contribution in [-0.4, -0.2) is 18.3 Å². The number of hydrogen-bond acceptors (Lipinski definition) is 6. The summed E-state index contributed by atoms with van der Waals surface area (Å²) in [6, 6.07) is 180. The van der Waals surface area contributed by atoms with Gasteiger partial charge in [0.05, 0.1) is 44.1 Å². The first-order valence-electron chi connectivity index (χ1n) is 50.3. The molecule has 10 heterocycles. The maximum absolute atomic E-state index is 6.73. The first-order chi connectivity index (χ1) is 73.4. The topological polar surface area (TPSA) is 59.1 Å². The zero-order valence-electron chi connectivity index (χ0n) is 79.6. The van der Waals surface area contributed by atoms with Crippen molar-refractivity contribution in [3.63, 3.8) is 0 Å². The summed E-state index contributed by atoms with van der Waals surface area (Å²) in [6.07, 6.45) is 0.